The molecule has 0 aliphatic rings. The summed E-state index contributed by atoms with van der Waals surface area (Å²) < 4.78 is 18.5. The number of hydrogen-bond acceptors (Lipinski definition) is 5. The van der Waals surface area contributed by atoms with Gasteiger partial charge in [0.25, 0.3) is 5.56 Å². The second-order valence-corrected chi connectivity index (χ2v) is 10.4. The minimum absolute atomic E-state index is 0.0967. The predicted molar refractivity (Wildman–Crippen MR) is 127 cm³/mol. The average Bonchev–Trinajstić information content (AvgIpc) is 2.78. The number of aromatic hydroxyl groups is 1. The molecule has 1 heterocycles. The van der Waals surface area contributed by atoms with Gasteiger partial charge in [-0.3, -0.25) is 9.78 Å². The van der Waals surface area contributed by atoms with Crippen LogP contribution in [-0.4, -0.2) is 38.7 Å². The topological polar surface area (TPSA) is 80.8 Å². The third kappa shape index (κ3) is 5.36. The summed E-state index contributed by atoms with van der Waals surface area (Å²) >= 11 is 0. The van der Waals surface area contributed by atoms with E-state index in [2.05, 4.69) is 31.8 Å². The number of pyridine rings is 1. The Labute approximate surface area is 184 Å². The first-order valence-electron chi connectivity index (χ1n) is 11.2. The summed E-state index contributed by atoms with van der Waals surface area (Å²) in [5, 5.41) is 14.0. The van der Waals surface area contributed by atoms with E-state index in [9.17, 15) is 9.90 Å². The van der Waals surface area contributed by atoms with Crippen molar-refractivity contribution in [3.63, 3.8) is 0 Å². The van der Waals surface area contributed by atoms with E-state index in [0.717, 1.165) is 35.3 Å². The summed E-state index contributed by atoms with van der Waals surface area (Å²) in [5.41, 5.74) is -0.289. The number of rotatable bonds is 12. The van der Waals surface area contributed by atoms with Gasteiger partial charge >= 0.3 is 8.80 Å². The summed E-state index contributed by atoms with van der Waals surface area (Å²) in [6.45, 7) is 8.07. The van der Waals surface area contributed by atoms with E-state index < -0.39 is 8.80 Å². The second kappa shape index (κ2) is 10.9. The molecule has 0 radical (unpaired) electrons. The van der Waals surface area contributed by atoms with E-state index in [1.54, 1.807) is 0 Å². The van der Waals surface area contributed by atoms with Gasteiger partial charge in [0.05, 0.1) is 5.39 Å². The number of nitrogens with one attached hydrogen (secondary N) is 1. The molecule has 3 aromatic rings. The normalized spacial score (nSPS) is 12.9. The third-order valence-electron chi connectivity index (χ3n) is 5.19. The molecule has 0 amide bonds. The summed E-state index contributed by atoms with van der Waals surface area (Å²) in [6.07, 6.45) is 5.44. The van der Waals surface area contributed by atoms with Crippen molar-refractivity contribution < 1.29 is 18.4 Å². The molecular formula is C24H33NO5Si. The monoisotopic (exact) mass is 443 g/mol. The molecule has 7 heteroatoms. The Hall–Kier alpha value is -2.19. The number of aromatic amines is 1. The first kappa shape index (κ1) is 23.5. The second-order valence-electron chi connectivity index (χ2n) is 7.71. The molecule has 1 aromatic heterocycles. The molecule has 6 nitrogen and oxygen atoms in total. The van der Waals surface area contributed by atoms with Gasteiger partial charge in [0.1, 0.15) is 0 Å². The smallest absolute Gasteiger partial charge is 0.494 e. The van der Waals surface area contributed by atoms with E-state index >= 15 is 0 Å². The van der Waals surface area contributed by atoms with Gasteiger partial charge < -0.3 is 18.4 Å². The van der Waals surface area contributed by atoms with Crippen LogP contribution in [0.2, 0.25) is 6.04 Å². The highest BCUT2D eigenvalue weighted by Gasteiger charge is 2.40. The van der Waals surface area contributed by atoms with Gasteiger partial charge in [-0.05, 0) is 42.4 Å². The van der Waals surface area contributed by atoms with Crippen molar-refractivity contribution in [1.29, 1.82) is 0 Å². The lowest BCUT2D eigenvalue weighted by atomic mass is 10.0. The van der Waals surface area contributed by atoms with Crippen molar-refractivity contribution in [1.82, 2.24) is 4.98 Å². The fourth-order valence-electron chi connectivity index (χ4n) is 3.76. The molecule has 0 fully saturated rings. The summed E-state index contributed by atoms with van der Waals surface area (Å²) in [4.78, 5) is 15.3. The molecule has 3 rings (SSSR count). The van der Waals surface area contributed by atoms with Gasteiger partial charge in [0.15, 0.2) is 5.88 Å². The molecule has 0 spiro atoms. The quantitative estimate of drug-likeness (QED) is 0.403. The Morgan fingerprint density at radius 2 is 1.58 bits per heavy atom. The zero-order valence-electron chi connectivity index (χ0n) is 18.7. The molecule has 0 atom stereocenters. The molecule has 168 valence electrons. The van der Waals surface area contributed by atoms with Crippen LogP contribution in [0.15, 0.2) is 35.1 Å². The van der Waals surface area contributed by atoms with Crippen LogP contribution in [-0.2, 0) is 13.3 Å². The molecule has 0 bridgehead atoms. The predicted octanol–water partition coefficient (Wildman–Crippen LogP) is 4.50. The zero-order valence-corrected chi connectivity index (χ0v) is 19.7. The zero-order chi connectivity index (χ0) is 22.3. The van der Waals surface area contributed by atoms with Crippen LogP contribution in [0.1, 0.15) is 46.5 Å². The standard InChI is InChI=1S/C24H33NO5Si/c1-4-14-28-31(29-15-5-2,30-16-6-3)17-8-10-19-13-12-18-9-7-11-20-21(18)22(19)24(27)25-23(20)26/h7,9-13H,4-6,8,14-17H2,1-3H3,(H2,25,26,27). The molecule has 0 saturated carbocycles. The number of hydrogen-bond donors (Lipinski definition) is 2. The average molecular weight is 444 g/mol. The Kier molecular flexibility index (Phi) is 8.26. The minimum atomic E-state index is -2.79. The molecule has 0 saturated heterocycles. The van der Waals surface area contributed by atoms with Crippen LogP contribution in [0.4, 0.5) is 0 Å². The van der Waals surface area contributed by atoms with Gasteiger partial charge in [-0.2, -0.15) is 0 Å². The van der Waals surface area contributed by atoms with E-state index in [4.69, 9.17) is 13.3 Å². The largest absolute Gasteiger partial charge is 0.501 e. The van der Waals surface area contributed by atoms with Crippen LogP contribution >= 0.6 is 0 Å². The number of H-pyrrole nitrogens is 1. The minimum Gasteiger partial charge on any atom is -0.494 e. The highest BCUT2D eigenvalue weighted by molar-refractivity contribution is 6.60. The molecule has 0 unspecified atom stereocenters. The molecule has 2 aromatic carbocycles. The van der Waals surface area contributed by atoms with Gasteiger partial charge in [0.2, 0.25) is 0 Å². The number of benzene rings is 2. The van der Waals surface area contributed by atoms with E-state index in [0.29, 0.717) is 43.1 Å². The fourth-order valence-corrected chi connectivity index (χ4v) is 6.49. The lowest BCUT2D eigenvalue weighted by molar-refractivity contribution is 0.0597. The van der Waals surface area contributed by atoms with Gasteiger partial charge in [-0.15, -0.1) is 0 Å². The molecule has 0 aliphatic heterocycles. The maximum atomic E-state index is 12.7. The van der Waals surface area contributed by atoms with Crippen molar-refractivity contribution in [3.8, 4) is 5.88 Å². The molecule has 0 aliphatic carbocycles. The van der Waals surface area contributed by atoms with Crippen molar-refractivity contribution in [2.75, 3.05) is 19.8 Å². The van der Waals surface area contributed by atoms with E-state index in [-0.39, 0.29) is 11.4 Å². The van der Waals surface area contributed by atoms with Gasteiger partial charge in [-0.25, -0.2) is 0 Å². The van der Waals surface area contributed by atoms with Crippen molar-refractivity contribution in [3.05, 3.63) is 45.9 Å². The Bertz CT molecular complexity index is 1090. The molecule has 31 heavy (non-hydrogen) atoms. The highest BCUT2D eigenvalue weighted by atomic mass is 28.4. The van der Waals surface area contributed by atoms with Crippen LogP contribution in [0.5, 0.6) is 5.88 Å². The first-order chi connectivity index (χ1) is 15.0. The van der Waals surface area contributed by atoms with Crippen molar-refractivity contribution in [2.45, 2.75) is 52.5 Å². The van der Waals surface area contributed by atoms with Crippen LogP contribution < -0.4 is 10.8 Å². The van der Waals surface area contributed by atoms with E-state index in [1.165, 1.54) is 0 Å². The highest BCUT2D eigenvalue weighted by Crippen LogP contribution is 2.27. The Morgan fingerprint density at radius 1 is 0.935 bits per heavy atom. The Balaban J connectivity index is 1.97. The SMILES string of the molecule is CCCO[Si](CCC=c1ccc2cccc3c(O)[nH]c(=O)c1c23)(OCCC)OCCC. The number of aromatic nitrogens is 1. The van der Waals surface area contributed by atoms with Crippen LogP contribution in [0, 0.1) is 0 Å². The molecular weight excluding hydrogens is 410 g/mol. The molecule has 2 N–H and O–H groups in total. The van der Waals surface area contributed by atoms with Crippen LogP contribution in [0.3, 0.4) is 0 Å². The lowest BCUT2D eigenvalue weighted by Gasteiger charge is -2.29. The maximum Gasteiger partial charge on any atom is 0.501 e. The first-order valence-corrected chi connectivity index (χ1v) is 13.2. The van der Waals surface area contributed by atoms with Gasteiger partial charge in [-0.1, -0.05) is 51.1 Å². The van der Waals surface area contributed by atoms with Gasteiger partial charge in [0, 0.05) is 36.6 Å². The maximum absolute atomic E-state index is 12.7. The fraction of sp³-hybridized carbons (Fsp3) is 0.458. The summed E-state index contributed by atoms with van der Waals surface area (Å²) in [5.74, 6) is -0.0967. The summed E-state index contributed by atoms with van der Waals surface area (Å²) in [6, 6.07) is 10.2. The van der Waals surface area contributed by atoms with Crippen molar-refractivity contribution in [2.24, 2.45) is 0 Å². The third-order valence-corrected chi connectivity index (χ3v) is 8.02. The lowest BCUT2D eigenvalue weighted by Crippen LogP contribution is -2.46. The van der Waals surface area contributed by atoms with E-state index in [1.807, 2.05) is 30.3 Å². The van der Waals surface area contributed by atoms with Crippen LogP contribution in [0.25, 0.3) is 27.6 Å². The Morgan fingerprint density at radius 3 is 2.19 bits per heavy atom. The van der Waals surface area contributed by atoms with Crippen molar-refractivity contribution >= 4 is 36.4 Å². The summed E-state index contributed by atoms with van der Waals surface area (Å²) in [7, 11) is -2.79.